The number of hydrogen-bond acceptors (Lipinski definition) is 3. The minimum Gasteiger partial charge on any atom is -0.481 e. The van der Waals surface area contributed by atoms with Crippen LogP contribution in [0.4, 0.5) is 5.69 Å². The average Bonchev–Trinajstić information content (AvgIpc) is 2.40. The maximum Gasteiger partial charge on any atom is 0.305 e. The molecule has 0 aliphatic rings. The van der Waals surface area contributed by atoms with Gasteiger partial charge in [0.2, 0.25) is 5.91 Å². The average molecular weight is 274 g/mol. The number of hydrogen-bond donors (Lipinski definition) is 2. The molecule has 1 unspecified atom stereocenters. The highest BCUT2D eigenvalue weighted by Crippen LogP contribution is 2.20. The summed E-state index contributed by atoms with van der Waals surface area (Å²) in [4.78, 5) is 24.4. The van der Waals surface area contributed by atoms with E-state index in [4.69, 9.17) is 17.3 Å². The van der Waals surface area contributed by atoms with E-state index in [0.717, 1.165) is 5.56 Å². The van der Waals surface area contributed by atoms with Crippen molar-refractivity contribution in [3.63, 3.8) is 0 Å². The second kappa shape index (κ2) is 7.31. The third kappa shape index (κ3) is 4.11. The third-order valence-corrected chi connectivity index (χ3v) is 2.88. The summed E-state index contributed by atoms with van der Waals surface area (Å²) >= 11 is 0. The van der Waals surface area contributed by atoms with Crippen molar-refractivity contribution < 1.29 is 14.7 Å². The highest BCUT2D eigenvalue weighted by atomic mass is 16.4. The first kappa shape index (κ1) is 15.7. The lowest BCUT2D eigenvalue weighted by molar-refractivity contribution is -0.136. The van der Waals surface area contributed by atoms with Crippen molar-refractivity contribution in [1.82, 2.24) is 0 Å². The van der Waals surface area contributed by atoms with Crippen LogP contribution in [0.2, 0.25) is 0 Å². The number of rotatable bonds is 6. The first-order valence-corrected chi connectivity index (χ1v) is 6.25. The maximum atomic E-state index is 12.3. The standard InChI is InChI=1S/C15H18N2O3/c1-3-6-12(16)15(20)17(10-9-14(18)19)13-8-5-4-7-11(13)2/h1,4-5,7-8,12H,6,9-10,16H2,2H3,(H,18,19). The molecular formula is C15H18N2O3. The molecule has 0 bridgehead atoms. The zero-order valence-corrected chi connectivity index (χ0v) is 11.4. The summed E-state index contributed by atoms with van der Waals surface area (Å²) in [6, 6.07) is 6.42. The van der Waals surface area contributed by atoms with Crippen molar-refractivity contribution in [2.45, 2.75) is 25.8 Å². The van der Waals surface area contributed by atoms with Crippen LogP contribution in [0.1, 0.15) is 18.4 Å². The van der Waals surface area contributed by atoms with E-state index in [9.17, 15) is 9.59 Å². The lowest BCUT2D eigenvalue weighted by atomic mass is 10.1. The van der Waals surface area contributed by atoms with Crippen LogP contribution >= 0.6 is 0 Å². The Morgan fingerprint density at radius 1 is 1.45 bits per heavy atom. The lowest BCUT2D eigenvalue weighted by Crippen LogP contribution is -2.45. The van der Waals surface area contributed by atoms with Crippen molar-refractivity contribution in [2.75, 3.05) is 11.4 Å². The Balaban J connectivity index is 3.02. The van der Waals surface area contributed by atoms with Crippen LogP contribution in [0.25, 0.3) is 0 Å². The van der Waals surface area contributed by atoms with Crippen molar-refractivity contribution in [1.29, 1.82) is 0 Å². The molecule has 1 aromatic rings. The molecule has 0 radical (unpaired) electrons. The molecule has 0 saturated carbocycles. The molecule has 3 N–H and O–H groups in total. The number of carbonyl (C=O) groups excluding carboxylic acids is 1. The SMILES string of the molecule is C#CCC(N)C(=O)N(CCC(=O)O)c1ccccc1C. The number of carboxylic acid groups (broad SMARTS) is 1. The summed E-state index contributed by atoms with van der Waals surface area (Å²) in [5.74, 6) is 1.01. The first-order chi connectivity index (χ1) is 9.47. The highest BCUT2D eigenvalue weighted by Gasteiger charge is 2.23. The van der Waals surface area contributed by atoms with Gasteiger partial charge in [-0.25, -0.2) is 0 Å². The minimum absolute atomic E-state index is 0.0668. The summed E-state index contributed by atoms with van der Waals surface area (Å²) in [6.45, 7) is 1.92. The predicted octanol–water partition coefficient (Wildman–Crippen LogP) is 1.15. The van der Waals surface area contributed by atoms with Crippen LogP contribution in [0.5, 0.6) is 0 Å². The number of anilines is 1. The fourth-order valence-electron chi connectivity index (χ4n) is 1.84. The summed E-state index contributed by atoms with van der Waals surface area (Å²) in [6.07, 6.45) is 5.13. The Kier molecular flexibility index (Phi) is 5.75. The minimum atomic E-state index is -0.970. The summed E-state index contributed by atoms with van der Waals surface area (Å²) in [7, 11) is 0. The van der Waals surface area contributed by atoms with Crippen LogP contribution in [0.3, 0.4) is 0 Å². The molecule has 0 saturated heterocycles. The number of aliphatic carboxylic acids is 1. The molecule has 5 nitrogen and oxygen atoms in total. The van der Waals surface area contributed by atoms with Crippen LogP contribution in [0, 0.1) is 19.3 Å². The summed E-state index contributed by atoms with van der Waals surface area (Å²) < 4.78 is 0. The molecule has 0 spiro atoms. The smallest absolute Gasteiger partial charge is 0.305 e. The van der Waals surface area contributed by atoms with E-state index in [1.807, 2.05) is 19.1 Å². The topological polar surface area (TPSA) is 83.6 Å². The van der Waals surface area contributed by atoms with E-state index in [-0.39, 0.29) is 25.3 Å². The fraction of sp³-hybridized carbons (Fsp3) is 0.333. The second-order valence-electron chi connectivity index (χ2n) is 4.43. The van der Waals surface area contributed by atoms with E-state index in [1.54, 1.807) is 12.1 Å². The van der Waals surface area contributed by atoms with Gasteiger partial charge in [0.25, 0.3) is 0 Å². The fourth-order valence-corrected chi connectivity index (χ4v) is 1.84. The number of nitrogens with zero attached hydrogens (tertiary/aromatic N) is 1. The zero-order valence-electron chi connectivity index (χ0n) is 11.4. The van der Waals surface area contributed by atoms with E-state index in [2.05, 4.69) is 5.92 Å². The highest BCUT2D eigenvalue weighted by molar-refractivity contribution is 5.98. The van der Waals surface area contributed by atoms with Gasteiger partial charge in [0.15, 0.2) is 0 Å². The molecule has 0 aliphatic heterocycles. The molecule has 20 heavy (non-hydrogen) atoms. The second-order valence-corrected chi connectivity index (χ2v) is 4.43. The van der Waals surface area contributed by atoms with Gasteiger partial charge in [0.1, 0.15) is 0 Å². The molecule has 1 aromatic carbocycles. The Morgan fingerprint density at radius 2 is 2.10 bits per heavy atom. The normalized spacial score (nSPS) is 11.4. The molecule has 106 valence electrons. The number of amides is 1. The van der Waals surface area contributed by atoms with Gasteiger partial charge in [-0.2, -0.15) is 0 Å². The molecule has 1 atom stereocenters. The van der Waals surface area contributed by atoms with Crippen molar-refractivity contribution in [3.05, 3.63) is 29.8 Å². The van der Waals surface area contributed by atoms with Gasteiger partial charge >= 0.3 is 5.97 Å². The Hall–Kier alpha value is -2.32. The van der Waals surface area contributed by atoms with Crippen molar-refractivity contribution >= 4 is 17.6 Å². The third-order valence-electron chi connectivity index (χ3n) is 2.88. The number of benzene rings is 1. The van der Waals surface area contributed by atoms with Gasteiger partial charge in [-0.05, 0) is 18.6 Å². The van der Waals surface area contributed by atoms with E-state index in [0.29, 0.717) is 5.69 Å². The van der Waals surface area contributed by atoms with Gasteiger partial charge in [0.05, 0.1) is 12.5 Å². The Morgan fingerprint density at radius 3 is 2.65 bits per heavy atom. The van der Waals surface area contributed by atoms with Gasteiger partial charge in [0, 0.05) is 18.7 Å². The molecule has 0 aromatic heterocycles. The molecule has 0 aliphatic carbocycles. The number of aryl methyl sites for hydroxylation is 1. The molecule has 5 heteroatoms. The zero-order chi connectivity index (χ0) is 15.1. The van der Waals surface area contributed by atoms with E-state index in [1.165, 1.54) is 4.90 Å². The van der Waals surface area contributed by atoms with Gasteiger partial charge in [-0.1, -0.05) is 18.2 Å². The van der Waals surface area contributed by atoms with Crippen LogP contribution < -0.4 is 10.6 Å². The number of terminal acetylenes is 1. The van der Waals surface area contributed by atoms with E-state index >= 15 is 0 Å². The number of nitrogens with two attached hydrogens (primary N) is 1. The van der Waals surface area contributed by atoms with Gasteiger partial charge < -0.3 is 15.7 Å². The van der Waals surface area contributed by atoms with Crippen molar-refractivity contribution in [3.8, 4) is 12.3 Å². The molecule has 0 heterocycles. The van der Waals surface area contributed by atoms with Gasteiger partial charge in [-0.15, -0.1) is 12.3 Å². The summed E-state index contributed by atoms with van der Waals surface area (Å²) in [5.41, 5.74) is 7.27. The Bertz CT molecular complexity index is 534. The monoisotopic (exact) mass is 274 g/mol. The molecular weight excluding hydrogens is 256 g/mol. The van der Waals surface area contributed by atoms with E-state index < -0.39 is 12.0 Å². The number of para-hydroxylation sites is 1. The quantitative estimate of drug-likeness (QED) is 0.762. The van der Waals surface area contributed by atoms with Crippen molar-refractivity contribution in [2.24, 2.45) is 5.73 Å². The molecule has 0 fully saturated rings. The Labute approximate surface area is 118 Å². The first-order valence-electron chi connectivity index (χ1n) is 6.25. The van der Waals surface area contributed by atoms with Crippen LogP contribution in [0.15, 0.2) is 24.3 Å². The van der Waals surface area contributed by atoms with Gasteiger partial charge in [-0.3, -0.25) is 9.59 Å². The lowest BCUT2D eigenvalue weighted by Gasteiger charge is -2.26. The number of carboxylic acids is 1. The molecule has 1 amide bonds. The molecule has 1 rings (SSSR count). The van der Waals surface area contributed by atoms with Crippen LogP contribution in [-0.4, -0.2) is 29.6 Å². The van der Waals surface area contributed by atoms with Crippen LogP contribution in [-0.2, 0) is 9.59 Å². The number of carbonyl (C=O) groups is 2. The largest absolute Gasteiger partial charge is 0.481 e. The maximum absolute atomic E-state index is 12.3. The summed E-state index contributed by atoms with van der Waals surface area (Å²) in [5, 5.41) is 8.80. The predicted molar refractivity (Wildman–Crippen MR) is 77.2 cm³/mol.